The zero-order valence-corrected chi connectivity index (χ0v) is 30.8. The van der Waals surface area contributed by atoms with E-state index < -0.39 is 10.0 Å². The van der Waals surface area contributed by atoms with Crippen LogP contribution in [0.25, 0.3) is 11.1 Å². The molecule has 3 heterocycles. The quantitative estimate of drug-likeness (QED) is 0.151. The van der Waals surface area contributed by atoms with Crippen molar-refractivity contribution in [3.8, 4) is 23.5 Å². The first-order valence-corrected chi connectivity index (χ1v) is 19.5. The number of carbonyl (C=O) groups is 1. The van der Waals surface area contributed by atoms with E-state index in [1.807, 2.05) is 92.4 Å². The Morgan fingerprint density at radius 3 is 2.38 bits per heavy atom. The van der Waals surface area contributed by atoms with Gasteiger partial charge in [0.25, 0.3) is 0 Å². The third-order valence-electron chi connectivity index (χ3n) is 10.1. The maximum atomic E-state index is 13.9. The van der Waals surface area contributed by atoms with Crippen molar-refractivity contribution in [1.29, 1.82) is 0 Å². The van der Waals surface area contributed by atoms with Crippen LogP contribution in [0.15, 0.2) is 91.5 Å². The highest BCUT2D eigenvalue weighted by molar-refractivity contribution is 7.92. The van der Waals surface area contributed by atoms with Gasteiger partial charge in [0.15, 0.2) is 0 Å². The number of carbonyl (C=O) groups excluding carboxylic acids is 1. The molecule has 0 saturated heterocycles. The predicted molar refractivity (Wildman–Crippen MR) is 204 cm³/mol. The van der Waals surface area contributed by atoms with Crippen LogP contribution in [0.3, 0.4) is 0 Å². The molecule has 0 aliphatic heterocycles. The number of hydrogen-bond acceptors (Lipinski definition) is 7. The molecule has 0 radical (unpaired) electrons. The number of anilines is 1. The number of aromatic nitrogens is 5. The first-order chi connectivity index (χ1) is 25.1. The average Bonchev–Trinajstić information content (AvgIpc) is 3.60. The second kappa shape index (κ2) is 16.3. The number of hydrogen-bond donors (Lipinski definition) is 1. The summed E-state index contributed by atoms with van der Waals surface area (Å²) in [6.07, 6.45) is 19.9. The molecule has 1 saturated carbocycles. The van der Waals surface area contributed by atoms with Crippen LogP contribution >= 0.6 is 0 Å². The fourth-order valence-electron chi connectivity index (χ4n) is 7.13. The van der Waals surface area contributed by atoms with E-state index in [2.05, 4.69) is 21.3 Å². The molecule has 1 amide bonds. The fourth-order valence-corrected chi connectivity index (χ4v) is 7.66. The lowest BCUT2D eigenvalue weighted by Gasteiger charge is -2.33. The average molecular weight is 716 g/mol. The number of sulfonamides is 1. The van der Waals surface area contributed by atoms with Gasteiger partial charge in [0.1, 0.15) is 5.82 Å². The molecule has 1 fully saturated rings. The third-order valence-corrected chi connectivity index (χ3v) is 11.3. The van der Waals surface area contributed by atoms with Crippen molar-refractivity contribution >= 4 is 21.6 Å². The van der Waals surface area contributed by atoms with Crippen LogP contribution in [0, 0.1) is 24.2 Å². The van der Waals surface area contributed by atoms with Crippen molar-refractivity contribution in [3.63, 3.8) is 0 Å². The zero-order valence-electron chi connectivity index (χ0n) is 29.9. The number of amides is 1. The molecule has 1 N–H and O–H groups in total. The summed E-state index contributed by atoms with van der Waals surface area (Å²) in [6, 6.07) is 21.5. The van der Waals surface area contributed by atoms with E-state index in [4.69, 9.17) is 16.4 Å². The van der Waals surface area contributed by atoms with Gasteiger partial charge in [-0.1, -0.05) is 60.5 Å². The summed E-state index contributed by atoms with van der Waals surface area (Å²) in [6.45, 7) is 0.465. The van der Waals surface area contributed by atoms with Gasteiger partial charge in [-0.3, -0.25) is 18.8 Å². The molecule has 1 unspecified atom stereocenters. The second-order valence-electron chi connectivity index (χ2n) is 13.7. The SMILES string of the molecule is C#Cc1cnc(CC2CCC(C(C(=O)NCc3ccccc3)c3ccc(-c4cnn(C)c4)cn3)CC2)nc1CCc1ccccc1N(C)S(C)(=O)=O. The van der Waals surface area contributed by atoms with Crippen LogP contribution < -0.4 is 9.62 Å². The van der Waals surface area contributed by atoms with Gasteiger partial charge in [-0.15, -0.1) is 6.42 Å². The van der Waals surface area contributed by atoms with E-state index in [0.717, 1.165) is 71.6 Å². The van der Waals surface area contributed by atoms with Crippen LogP contribution in [0.5, 0.6) is 0 Å². The number of nitrogens with zero attached hydrogens (tertiary/aromatic N) is 6. The van der Waals surface area contributed by atoms with Gasteiger partial charge in [0.05, 0.1) is 41.0 Å². The Kier molecular flexibility index (Phi) is 11.5. The standard InChI is InChI=1S/C41H45N7O3S/c1-5-31-25-43-39(46-36(31)21-19-32-13-9-10-14-38(32)48(3)52(4,50)51)23-29-15-17-33(18-16-29)40(41(49)44-24-30-11-7-6-8-12-30)37-22-20-34(26-42-37)35-27-45-47(2)28-35/h1,6-14,20,22,25-29,33,40H,15-19,21,23-24H2,2-4H3,(H,44,49). The number of para-hydroxylation sites is 1. The topological polar surface area (TPSA) is 123 Å². The summed E-state index contributed by atoms with van der Waals surface area (Å²) in [7, 11) is 0.0430. The molecule has 0 bridgehead atoms. The summed E-state index contributed by atoms with van der Waals surface area (Å²) in [5.74, 6) is 3.63. The molecule has 1 aliphatic carbocycles. The van der Waals surface area contributed by atoms with Crippen LogP contribution in [-0.2, 0) is 47.7 Å². The number of nitrogens with one attached hydrogen (secondary N) is 1. The highest BCUT2D eigenvalue weighted by Crippen LogP contribution is 2.39. The van der Waals surface area contributed by atoms with Gasteiger partial charge >= 0.3 is 0 Å². The smallest absolute Gasteiger partial charge is 0.232 e. The Hall–Kier alpha value is -5.34. The number of aryl methyl sites for hydroxylation is 3. The summed E-state index contributed by atoms with van der Waals surface area (Å²) < 4.78 is 27.6. The molecule has 1 atom stereocenters. The van der Waals surface area contributed by atoms with Crippen molar-refractivity contribution < 1.29 is 13.2 Å². The highest BCUT2D eigenvalue weighted by Gasteiger charge is 2.34. The van der Waals surface area contributed by atoms with Crippen molar-refractivity contribution in [2.24, 2.45) is 18.9 Å². The fraction of sp³-hybridized carbons (Fsp3) is 0.341. The normalized spacial score (nSPS) is 16.5. The van der Waals surface area contributed by atoms with Crippen molar-refractivity contribution in [3.05, 3.63) is 125 Å². The summed E-state index contributed by atoms with van der Waals surface area (Å²) in [4.78, 5) is 28.3. The molecule has 268 valence electrons. The maximum Gasteiger partial charge on any atom is 0.232 e. The predicted octanol–water partition coefficient (Wildman–Crippen LogP) is 5.88. The molecular weight excluding hydrogens is 671 g/mol. The highest BCUT2D eigenvalue weighted by atomic mass is 32.2. The van der Waals surface area contributed by atoms with E-state index in [1.54, 1.807) is 17.9 Å². The first kappa shape index (κ1) is 36.5. The molecule has 2 aromatic carbocycles. The number of rotatable bonds is 13. The van der Waals surface area contributed by atoms with Gasteiger partial charge < -0.3 is 5.32 Å². The van der Waals surface area contributed by atoms with Gasteiger partial charge in [0, 0.05) is 56.8 Å². The Bertz CT molecular complexity index is 2140. The van der Waals surface area contributed by atoms with Gasteiger partial charge in [-0.25, -0.2) is 18.4 Å². The van der Waals surface area contributed by atoms with E-state index in [0.29, 0.717) is 36.6 Å². The van der Waals surface area contributed by atoms with E-state index >= 15 is 0 Å². The van der Waals surface area contributed by atoms with Crippen molar-refractivity contribution in [1.82, 2.24) is 30.0 Å². The van der Waals surface area contributed by atoms with Gasteiger partial charge in [-0.2, -0.15) is 5.10 Å². The van der Waals surface area contributed by atoms with Gasteiger partial charge in [-0.05, 0) is 73.6 Å². The molecular formula is C41H45N7O3S. The molecule has 0 spiro atoms. The Morgan fingerprint density at radius 1 is 0.962 bits per heavy atom. The summed E-state index contributed by atoms with van der Waals surface area (Å²) in [5, 5.41) is 7.47. The minimum absolute atomic E-state index is 0.00363. The molecule has 5 aromatic rings. The lowest BCUT2D eigenvalue weighted by atomic mass is 9.73. The lowest BCUT2D eigenvalue weighted by Crippen LogP contribution is -2.35. The largest absolute Gasteiger partial charge is 0.351 e. The maximum absolute atomic E-state index is 13.9. The van der Waals surface area contributed by atoms with E-state index in [-0.39, 0.29) is 17.7 Å². The lowest BCUT2D eigenvalue weighted by molar-refractivity contribution is -0.124. The summed E-state index contributed by atoms with van der Waals surface area (Å²) >= 11 is 0. The van der Waals surface area contributed by atoms with Gasteiger partial charge in [0.2, 0.25) is 15.9 Å². The third kappa shape index (κ3) is 8.93. The van der Waals surface area contributed by atoms with Crippen molar-refractivity contribution in [2.75, 3.05) is 17.6 Å². The Labute approximate surface area is 306 Å². The zero-order chi connectivity index (χ0) is 36.7. The Morgan fingerprint density at radius 2 is 1.71 bits per heavy atom. The monoisotopic (exact) mass is 715 g/mol. The molecule has 52 heavy (non-hydrogen) atoms. The van der Waals surface area contributed by atoms with Crippen LogP contribution in [-0.4, -0.2) is 52.4 Å². The number of benzene rings is 2. The first-order valence-electron chi connectivity index (χ1n) is 17.7. The van der Waals surface area contributed by atoms with Crippen molar-refractivity contribution in [2.45, 2.75) is 57.4 Å². The Balaban J connectivity index is 1.13. The molecule has 1 aliphatic rings. The van der Waals surface area contributed by atoms with Crippen LogP contribution in [0.4, 0.5) is 5.69 Å². The molecule has 3 aromatic heterocycles. The second-order valence-corrected chi connectivity index (χ2v) is 15.7. The number of terminal acetylenes is 1. The molecule has 6 rings (SSSR count). The minimum Gasteiger partial charge on any atom is -0.351 e. The molecule has 10 nitrogen and oxygen atoms in total. The van der Waals surface area contributed by atoms with E-state index in [9.17, 15) is 13.2 Å². The summed E-state index contributed by atoms with van der Waals surface area (Å²) in [5.41, 5.74) is 6.76. The number of pyridine rings is 1. The van der Waals surface area contributed by atoms with Crippen LogP contribution in [0.2, 0.25) is 0 Å². The minimum atomic E-state index is -3.41. The van der Waals surface area contributed by atoms with Crippen LogP contribution in [0.1, 0.15) is 65.5 Å². The van der Waals surface area contributed by atoms with E-state index in [1.165, 1.54) is 10.6 Å². The molecule has 11 heteroatoms.